The average Bonchev–Trinajstić information content (AvgIpc) is 3.79. The quantitative estimate of drug-likeness (QED) is 0.146. The van der Waals surface area contributed by atoms with Crippen molar-refractivity contribution < 1.29 is 14.6 Å². The van der Waals surface area contributed by atoms with Gasteiger partial charge in [-0.2, -0.15) is 5.10 Å². The Morgan fingerprint density at radius 3 is 2.55 bits per heavy atom. The Hall–Kier alpha value is -4.66. The largest absolute Gasteiger partial charge is 0.487 e. The number of hydrogen-bond donors (Lipinski definition) is 2. The van der Waals surface area contributed by atoms with Crippen molar-refractivity contribution in [2.45, 2.75) is 83.3 Å². The van der Waals surface area contributed by atoms with Gasteiger partial charge < -0.3 is 19.9 Å². The number of nitrogens with one attached hydrogen (secondary N) is 1. The Morgan fingerprint density at radius 1 is 1.08 bits per heavy atom. The molecule has 0 bridgehead atoms. The van der Waals surface area contributed by atoms with E-state index in [1.165, 1.54) is 6.33 Å². The molecule has 1 aromatic carbocycles. The van der Waals surface area contributed by atoms with E-state index >= 15 is 0 Å². The van der Waals surface area contributed by atoms with Crippen molar-refractivity contribution in [3.8, 4) is 22.8 Å². The van der Waals surface area contributed by atoms with Crippen LogP contribution in [0.2, 0.25) is 5.02 Å². The first-order valence-corrected chi connectivity index (χ1v) is 17.0. The van der Waals surface area contributed by atoms with Crippen LogP contribution in [0.15, 0.2) is 67.9 Å². The zero-order valence-corrected chi connectivity index (χ0v) is 28.7. The zero-order chi connectivity index (χ0) is 34.2. The van der Waals surface area contributed by atoms with Gasteiger partial charge in [0.05, 0.1) is 30.4 Å². The van der Waals surface area contributed by atoms with E-state index in [1.807, 2.05) is 29.9 Å². The molecular weight excluding hydrogens is 646 g/mol. The van der Waals surface area contributed by atoms with E-state index in [1.54, 1.807) is 47.9 Å². The van der Waals surface area contributed by atoms with Gasteiger partial charge in [-0.15, -0.1) is 5.10 Å². The summed E-state index contributed by atoms with van der Waals surface area (Å²) in [5.41, 5.74) is 2.32. The van der Waals surface area contributed by atoms with Gasteiger partial charge in [0.15, 0.2) is 5.82 Å². The molecule has 49 heavy (non-hydrogen) atoms. The maximum Gasteiger partial charge on any atom is 0.257 e. The number of hydrogen-bond acceptors (Lipinski definition) is 12. The lowest BCUT2D eigenvalue weighted by Crippen LogP contribution is -2.43. The van der Waals surface area contributed by atoms with Crippen LogP contribution in [-0.2, 0) is 13.2 Å². The minimum atomic E-state index is -0.181. The smallest absolute Gasteiger partial charge is 0.257 e. The van der Waals surface area contributed by atoms with Crippen LogP contribution in [0.25, 0.3) is 11.1 Å². The van der Waals surface area contributed by atoms with Crippen LogP contribution in [0.3, 0.4) is 0 Å². The number of ether oxygens (including phenoxy) is 2. The molecule has 1 fully saturated rings. The first-order chi connectivity index (χ1) is 23.9. The number of nitrogens with zero attached hydrogens (tertiary/aromatic N) is 10. The van der Waals surface area contributed by atoms with Crippen molar-refractivity contribution in [3.05, 3.63) is 78.8 Å². The number of aliphatic hydroxyl groups excluding tert-OH is 1. The van der Waals surface area contributed by atoms with E-state index in [-0.39, 0.29) is 31.4 Å². The summed E-state index contributed by atoms with van der Waals surface area (Å²) in [5, 5.41) is 22.6. The van der Waals surface area contributed by atoms with E-state index in [9.17, 15) is 5.11 Å². The highest BCUT2D eigenvalue weighted by molar-refractivity contribution is 6.32. The van der Waals surface area contributed by atoms with Crippen molar-refractivity contribution in [1.82, 2.24) is 49.4 Å². The first-order valence-electron chi connectivity index (χ1n) is 16.6. The summed E-state index contributed by atoms with van der Waals surface area (Å²) in [4.78, 5) is 24.1. The van der Waals surface area contributed by atoms with Gasteiger partial charge in [0.1, 0.15) is 36.8 Å². The van der Waals surface area contributed by atoms with E-state index < -0.39 is 0 Å². The molecule has 2 atom stereocenters. The van der Waals surface area contributed by atoms with Crippen LogP contribution in [0.1, 0.15) is 57.8 Å². The van der Waals surface area contributed by atoms with Gasteiger partial charge in [0, 0.05) is 42.4 Å². The Balaban J connectivity index is 1.15. The van der Waals surface area contributed by atoms with Crippen molar-refractivity contribution >= 4 is 23.2 Å². The molecule has 258 valence electrons. The van der Waals surface area contributed by atoms with Crippen molar-refractivity contribution in [1.29, 1.82) is 0 Å². The minimum absolute atomic E-state index is 0.169. The number of aliphatic hydroxyl groups is 1. The van der Waals surface area contributed by atoms with Gasteiger partial charge in [0.2, 0.25) is 5.95 Å². The van der Waals surface area contributed by atoms with Crippen LogP contribution in [0.4, 0.5) is 11.6 Å². The van der Waals surface area contributed by atoms with Crippen molar-refractivity contribution in [3.63, 3.8) is 0 Å². The lowest BCUT2D eigenvalue weighted by molar-refractivity contribution is 0.0775. The number of rotatable bonds is 15. The fourth-order valence-electron chi connectivity index (χ4n) is 6.15. The van der Waals surface area contributed by atoms with E-state index in [2.05, 4.69) is 54.2 Å². The van der Waals surface area contributed by atoms with Crippen LogP contribution >= 0.6 is 11.6 Å². The minimum Gasteiger partial charge on any atom is -0.487 e. The molecule has 4 aromatic heterocycles. The predicted molar refractivity (Wildman–Crippen MR) is 185 cm³/mol. The van der Waals surface area contributed by atoms with Gasteiger partial charge in [-0.05, 0) is 69.8 Å². The molecule has 6 rings (SSSR count). The molecule has 4 heterocycles. The van der Waals surface area contributed by atoms with Crippen LogP contribution in [-0.4, -0.2) is 86.3 Å². The van der Waals surface area contributed by atoms with Gasteiger partial charge >= 0.3 is 0 Å². The van der Waals surface area contributed by atoms with Crippen LogP contribution < -0.4 is 14.8 Å². The molecule has 2 N–H and O–H groups in total. The highest BCUT2D eigenvalue weighted by Gasteiger charge is 2.29. The molecule has 0 amide bonds. The van der Waals surface area contributed by atoms with Gasteiger partial charge in [-0.1, -0.05) is 24.6 Å². The van der Waals surface area contributed by atoms with Crippen molar-refractivity contribution in [2.75, 3.05) is 19.0 Å². The van der Waals surface area contributed by atoms with E-state index in [4.69, 9.17) is 26.2 Å². The van der Waals surface area contributed by atoms with Gasteiger partial charge in [-0.3, -0.25) is 9.58 Å². The molecule has 0 unspecified atom stereocenters. The van der Waals surface area contributed by atoms with Crippen LogP contribution in [0, 0.1) is 0 Å². The molecule has 1 aliphatic rings. The molecule has 1 saturated carbocycles. The number of aromatic nitrogens is 9. The monoisotopic (exact) mass is 687 g/mol. The molecule has 15 heteroatoms. The number of benzene rings is 1. The second kappa shape index (κ2) is 16.2. The summed E-state index contributed by atoms with van der Waals surface area (Å²) in [5.74, 6) is 1.94. The Labute approximate surface area is 290 Å². The van der Waals surface area contributed by atoms with E-state index in [0.717, 1.165) is 43.2 Å². The van der Waals surface area contributed by atoms with Crippen LogP contribution in [0.5, 0.6) is 11.6 Å². The standard InChI is InChI=1S/C34H42ClN11O3/c1-4-26(19-47)44(3)27-7-9-28(10-8-27)46-18-30(33(43-46)48-20-32-37-12-5-13-38-32)42-34-39-15-25(16-40-34)24-6-11-29(35)31(14-24)49-23(2)17-45-22-36-21-41-45/h5-6,11-16,18,21-23,26-28,47H,4,7-10,17,19-20H2,1-3H3,(H,39,40,42)/t23-,26+,27-,28-/m0/s1. The molecular formula is C34H42ClN11O3. The first kappa shape index (κ1) is 34.2. The SMILES string of the molecule is CC[C@H](CO)N(C)[C@H]1CC[C@H](n2cc(Nc3ncc(-c4ccc(Cl)c(O[C@@H](C)Cn5cncn5)c4)cn3)c(OCc3ncccn3)n2)CC1. The van der Waals surface area contributed by atoms with E-state index in [0.29, 0.717) is 46.7 Å². The Bertz CT molecular complexity index is 1740. The molecule has 5 aromatic rings. The summed E-state index contributed by atoms with van der Waals surface area (Å²) in [6.45, 7) is 4.95. The second-order valence-electron chi connectivity index (χ2n) is 12.3. The maximum absolute atomic E-state index is 9.79. The third-order valence-corrected chi connectivity index (χ3v) is 9.24. The summed E-state index contributed by atoms with van der Waals surface area (Å²) >= 11 is 6.47. The summed E-state index contributed by atoms with van der Waals surface area (Å²) in [6, 6.07) is 8.19. The third-order valence-electron chi connectivity index (χ3n) is 8.93. The number of anilines is 2. The highest BCUT2D eigenvalue weighted by Crippen LogP contribution is 2.35. The maximum atomic E-state index is 9.79. The molecule has 14 nitrogen and oxygen atoms in total. The topological polar surface area (TPSA) is 154 Å². The molecule has 1 aliphatic carbocycles. The Kier molecular flexibility index (Phi) is 11.3. The second-order valence-corrected chi connectivity index (χ2v) is 12.7. The van der Waals surface area contributed by atoms with Crippen molar-refractivity contribution in [2.24, 2.45) is 0 Å². The normalized spacial score (nSPS) is 17.5. The number of halogens is 1. The molecule has 0 saturated heterocycles. The molecule has 0 spiro atoms. The number of likely N-dealkylation sites (N-methyl/N-ethyl adjacent to an activating group) is 1. The molecule has 0 radical (unpaired) electrons. The van der Waals surface area contributed by atoms with Gasteiger partial charge in [0.25, 0.3) is 5.88 Å². The summed E-state index contributed by atoms with van der Waals surface area (Å²) < 4.78 is 15.9. The predicted octanol–water partition coefficient (Wildman–Crippen LogP) is 5.35. The zero-order valence-electron chi connectivity index (χ0n) is 27.9. The lowest BCUT2D eigenvalue weighted by Gasteiger charge is -2.38. The third kappa shape index (κ3) is 8.69. The summed E-state index contributed by atoms with van der Waals surface area (Å²) in [7, 11) is 2.12. The fraction of sp³-hybridized carbons (Fsp3) is 0.441. The lowest BCUT2D eigenvalue weighted by atomic mass is 9.89. The Morgan fingerprint density at radius 2 is 1.86 bits per heavy atom. The highest BCUT2D eigenvalue weighted by atomic mass is 35.5. The summed E-state index contributed by atoms with van der Waals surface area (Å²) in [6.07, 6.45) is 16.7. The van der Waals surface area contributed by atoms with Gasteiger partial charge in [-0.25, -0.2) is 29.6 Å². The average molecular weight is 688 g/mol. The fourth-order valence-corrected chi connectivity index (χ4v) is 6.31. The molecule has 0 aliphatic heterocycles.